The number of fused-ring (bicyclic) bond motifs is 1. The van der Waals surface area contributed by atoms with Crippen LogP contribution in [-0.2, 0) is 25.7 Å². The number of ether oxygens (including phenoxy) is 1. The Morgan fingerprint density at radius 1 is 1.00 bits per heavy atom. The van der Waals surface area contributed by atoms with Gasteiger partial charge in [0.1, 0.15) is 6.04 Å². The molecular weight excluding hydrogens is 588 g/mol. The van der Waals surface area contributed by atoms with Crippen LogP contribution in [0.2, 0.25) is 0 Å². The lowest BCUT2D eigenvalue weighted by Crippen LogP contribution is -2.56. The molecular formula is C35H50N4O5S. The Hall–Kier alpha value is -2.66. The molecule has 1 spiro atoms. The minimum absolute atomic E-state index is 0.0116. The smallest absolute Gasteiger partial charge is 0.247 e. The molecule has 1 aromatic rings. The Morgan fingerprint density at radius 3 is 2.42 bits per heavy atom. The topological polar surface area (TPSA) is 93.6 Å². The van der Waals surface area contributed by atoms with Gasteiger partial charge in [-0.25, -0.2) is 0 Å². The van der Waals surface area contributed by atoms with E-state index in [-0.39, 0.29) is 29.6 Å². The highest BCUT2D eigenvalue weighted by molar-refractivity contribution is 8.02. The van der Waals surface area contributed by atoms with Gasteiger partial charge in [0.15, 0.2) is 0 Å². The molecule has 3 amide bonds. The maximum absolute atomic E-state index is 14.7. The highest BCUT2D eigenvalue weighted by atomic mass is 32.2. The summed E-state index contributed by atoms with van der Waals surface area (Å²) in [7, 11) is 0. The van der Waals surface area contributed by atoms with Crippen molar-refractivity contribution < 1.29 is 24.2 Å². The van der Waals surface area contributed by atoms with Gasteiger partial charge >= 0.3 is 0 Å². The number of nitrogens with zero attached hydrogens (tertiary/aromatic N) is 4. The van der Waals surface area contributed by atoms with E-state index in [9.17, 15) is 19.5 Å². The summed E-state index contributed by atoms with van der Waals surface area (Å²) in [5, 5.41) is 9.26. The summed E-state index contributed by atoms with van der Waals surface area (Å²) in [6.07, 6.45) is 8.33. The first-order valence-electron chi connectivity index (χ1n) is 16.7. The van der Waals surface area contributed by atoms with E-state index >= 15 is 0 Å². The van der Waals surface area contributed by atoms with E-state index in [0.29, 0.717) is 45.9 Å². The van der Waals surface area contributed by atoms with Gasteiger partial charge in [-0.05, 0) is 31.2 Å². The Balaban J connectivity index is 1.41. The van der Waals surface area contributed by atoms with Gasteiger partial charge in [-0.15, -0.1) is 24.9 Å². The van der Waals surface area contributed by atoms with Crippen LogP contribution >= 0.6 is 11.8 Å². The van der Waals surface area contributed by atoms with Gasteiger partial charge in [-0.3, -0.25) is 19.3 Å². The van der Waals surface area contributed by atoms with Crippen molar-refractivity contribution in [3.8, 4) is 0 Å². The number of thioether (sulfide) groups is 1. The Labute approximate surface area is 272 Å². The first-order chi connectivity index (χ1) is 21.9. The van der Waals surface area contributed by atoms with Crippen LogP contribution < -0.4 is 0 Å². The zero-order valence-electron chi connectivity index (χ0n) is 26.6. The molecule has 1 aromatic carbocycles. The first-order valence-corrected chi connectivity index (χ1v) is 17.6. The fourth-order valence-corrected chi connectivity index (χ4v) is 10.0. The minimum Gasteiger partial charge on any atom is -0.396 e. The van der Waals surface area contributed by atoms with Gasteiger partial charge in [0.25, 0.3) is 0 Å². The molecule has 4 aliphatic rings. The third-order valence-corrected chi connectivity index (χ3v) is 11.9. The van der Waals surface area contributed by atoms with Crippen LogP contribution in [0.3, 0.4) is 0 Å². The molecule has 0 radical (unpaired) electrons. The van der Waals surface area contributed by atoms with E-state index in [2.05, 4.69) is 18.1 Å². The summed E-state index contributed by atoms with van der Waals surface area (Å²) < 4.78 is 4.89. The Bertz CT molecular complexity index is 1190. The van der Waals surface area contributed by atoms with E-state index in [4.69, 9.17) is 4.74 Å². The predicted molar refractivity (Wildman–Crippen MR) is 177 cm³/mol. The number of rotatable bonds is 17. The summed E-state index contributed by atoms with van der Waals surface area (Å²) in [6, 6.07) is 9.32. The second-order valence-electron chi connectivity index (χ2n) is 12.7. The van der Waals surface area contributed by atoms with Gasteiger partial charge < -0.3 is 24.5 Å². The van der Waals surface area contributed by atoms with Gasteiger partial charge in [-0.1, -0.05) is 55.3 Å². The normalized spacial score (nSPS) is 27.4. The average molecular weight is 639 g/mol. The molecule has 246 valence electrons. The number of hydrogen-bond acceptors (Lipinski definition) is 7. The molecule has 1 N–H and O–H groups in total. The maximum atomic E-state index is 14.7. The predicted octanol–water partition coefficient (Wildman–Crippen LogP) is 3.19. The SMILES string of the molecule is C=CCN(CCN1CCOCC1)C(=O)C1N(CCCCCCO)C(=O)[C@@H]2[C@H](C(=O)N(CC=C)Cc3ccccc3)[C@@H]3CCC12S3. The zero-order valence-corrected chi connectivity index (χ0v) is 27.4. The highest BCUT2D eigenvalue weighted by Gasteiger charge is 2.74. The van der Waals surface area contributed by atoms with Crippen LogP contribution in [0.25, 0.3) is 0 Å². The summed E-state index contributed by atoms with van der Waals surface area (Å²) in [4.78, 5) is 51.4. The third kappa shape index (κ3) is 7.19. The monoisotopic (exact) mass is 638 g/mol. The Morgan fingerprint density at radius 2 is 1.71 bits per heavy atom. The van der Waals surface area contributed by atoms with Crippen molar-refractivity contribution in [2.24, 2.45) is 11.8 Å². The van der Waals surface area contributed by atoms with Crippen molar-refractivity contribution in [1.82, 2.24) is 19.6 Å². The third-order valence-electron chi connectivity index (χ3n) is 9.95. The van der Waals surface area contributed by atoms with Crippen LogP contribution in [0.5, 0.6) is 0 Å². The highest BCUT2D eigenvalue weighted by Crippen LogP contribution is 2.66. The molecule has 5 atom stereocenters. The van der Waals surface area contributed by atoms with Crippen molar-refractivity contribution in [1.29, 1.82) is 0 Å². The van der Waals surface area contributed by atoms with Crippen molar-refractivity contribution in [3.63, 3.8) is 0 Å². The second-order valence-corrected chi connectivity index (χ2v) is 14.3. The van der Waals surface area contributed by atoms with Crippen LogP contribution in [0.15, 0.2) is 55.6 Å². The molecule has 4 heterocycles. The van der Waals surface area contributed by atoms with E-state index in [1.807, 2.05) is 45.0 Å². The largest absolute Gasteiger partial charge is 0.396 e. The summed E-state index contributed by atoms with van der Waals surface area (Å²) in [6.45, 7) is 14.1. The maximum Gasteiger partial charge on any atom is 0.247 e. The van der Waals surface area contributed by atoms with Gasteiger partial charge in [0, 0.05) is 64.2 Å². The van der Waals surface area contributed by atoms with E-state index in [0.717, 1.165) is 63.7 Å². The molecule has 10 heteroatoms. The van der Waals surface area contributed by atoms with Gasteiger partial charge in [-0.2, -0.15) is 0 Å². The van der Waals surface area contributed by atoms with Crippen molar-refractivity contribution in [2.75, 3.05) is 65.6 Å². The van der Waals surface area contributed by atoms with Crippen molar-refractivity contribution >= 4 is 29.5 Å². The molecule has 9 nitrogen and oxygen atoms in total. The molecule has 4 fully saturated rings. The average Bonchev–Trinajstić information content (AvgIpc) is 3.70. The van der Waals surface area contributed by atoms with Crippen LogP contribution in [-0.4, -0.2) is 124 Å². The number of hydrogen-bond donors (Lipinski definition) is 1. The number of benzene rings is 1. The lowest BCUT2D eigenvalue weighted by Gasteiger charge is -2.38. The zero-order chi connectivity index (χ0) is 31.8. The summed E-state index contributed by atoms with van der Waals surface area (Å²) in [5.74, 6) is -1.07. The van der Waals surface area contributed by atoms with Crippen molar-refractivity contribution in [3.05, 3.63) is 61.2 Å². The van der Waals surface area contributed by atoms with Gasteiger partial charge in [0.05, 0.1) is 29.8 Å². The molecule has 0 saturated carbocycles. The summed E-state index contributed by atoms with van der Waals surface area (Å²) >= 11 is 1.73. The van der Waals surface area contributed by atoms with E-state index in [1.54, 1.807) is 23.9 Å². The number of carbonyl (C=O) groups excluding carboxylic acids is 3. The molecule has 5 rings (SSSR count). The number of aliphatic hydroxyl groups is 1. The molecule has 4 saturated heterocycles. The lowest BCUT2D eigenvalue weighted by molar-refractivity contribution is -0.145. The molecule has 4 aliphatic heterocycles. The van der Waals surface area contributed by atoms with E-state index < -0.39 is 22.6 Å². The van der Waals surface area contributed by atoms with Crippen molar-refractivity contribution in [2.45, 2.75) is 61.1 Å². The first kappa shape index (κ1) is 33.7. The standard InChI is InChI=1S/C35H50N4O5S/c1-3-16-37(20-19-36-21-24-44-25-22-36)34(43)31-35-15-14-28(45-35)29(30(35)33(42)39(31)18-10-5-6-11-23-40)32(41)38(17-4-2)26-27-12-8-7-9-13-27/h3-4,7-9,12-13,28-31,40H,1-2,5-6,10-11,14-26H2/t28-,29+,30-,31?,35?/m0/s1. The molecule has 2 unspecified atom stereocenters. The number of unbranched alkanes of at least 4 members (excludes halogenated alkanes) is 3. The number of carbonyl (C=O) groups is 3. The number of aliphatic hydroxyl groups excluding tert-OH is 1. The number of morpholine rings is 1. The quantitative estimate of drug-likeness (QED) is 0.207. The molecule has 2 bridgehead atoms. The molecule has 0 aromatic heterocycles. The number of amides is 3. The van der Waals surface area contributed by atoms with Gasteiger partial charge in [0.2, 0.25) is 17.7 Å². The lowest BCUT2D eigenvalue weighted by atomic mass is 9.70. The number of likely N-dealkylation sites (tertiary alicyclic amines) is 1. The van der Waals surface area contributed by atoms with Crippen LogP contribution in [0.4, 0.5) is 0 Å². The fourth-order valence-electron chi connectivity index (χ4n) is 7.81. The van der Waals surface area contributed by atoms with Crippen LogP contribution in [0, 0.1) is 11.8 Å². The second kappa shape index (κ2) is 15.8. The molecule has 0 aliphatic carbocycles. The molecule has 45 heavy (non-hydrogen) atoms. The Kier molecular flexibility index (Phi) is 11.8. The van der Waals surface area contributed by atoms with Crippen LogP contribution in [0.1, 0.15) is 44.1 Å². The fraction of sp³-hybridized carbons (Fsp3) is 0.629. The minimum atomic E-state index is -0.616. The summed E-state index contributed by atoms with van der Waals surface area (Å²) in [5.41, 5.74) is 1.04. The van der Waals surface area contributed by atoms with E-state index in [1.165, 1.54) is 0 Å².